The van der Waals surface area contributed by atoms with Crippen LogP contribution in [0.2, 0.25) is 0 Å². The highest BCUT2D eigenvalue weighted by Crippen LogP contribution is 2.17. The first-order valence-corrected chi connectivity index (χ1v) is 8.33. The molecule has 0 saturated carbocycles. The molecule has 1 aromatic heterocycles. The van der Waals surface area contributed by atoms with Crippen LogP contribution in [-0.2, 0) is 6.54 Å². The Morgan fingerprint density at radius 2 is 1.88 bits per heavy atom. The fourth-order valence-corrected chi connectivity index (χ4v) is 2.63. The topological polar surface area (TPSA) is 51.1 Å². The maximum atomic E-state index is 5.35. The van der Waals surface area contributed by atoms with Gasteiger partial charge in [0, 0.05) is 18.0 Å². The summed E-state index contributed by atoms with van der Waals surface area (Å²) < 4.78 is 7.08. The second kappa shape index (κ2) is 7.81. The maximum absolute atomic E-state index is 5.35. The molecule has 0 aliphatic heterocycles. The van der Waals surface area contributed by atoms with Gasteiger partial charge in [0.15, 0.2) is 5.11 Å². The van der Waals surface area contributed by atoms with E-state index in [2.05, 4.69) is 46.9 Å². The molecule has 0 spiro atoms. The molecule has 0 atom stereocenters. The van der Waals surface area contributed by atoms with Crippen LogP contribution in [0.25, 0.3) is 0 Å². The Bertz CT molecular complexity index is 858. The maximum Gasteiger partial charge on any atom is 0.175 e. The Morgan fingerprint density at radius 1 is 1.12 bits per heavy atom. The van der Waals surface area contributed by atoms with Crippen LogP contribution < -0.4 is 15.4 Å². The second-order valence-corrected chi connectivity index (χ2v) is 6.13. The van der Waals surface area contributed by atoms with Gasteiger partial charge in [-0.25, -0.2) is 0 Å². The number of ether oxygens (including phenoxy) is 1. The third-order valence-corrected chi connectivity index (χ3v) is 3.89. The summed E-state index contributed by atoms with van der Waals surface area (Å²) in [6, 6.07) is 16.0. The van der Waals surface area contributed by atoms with Crippen LogP contribution in [0.15, 0.2) is 60.9 Å². The number of rotatable bonds is 5. The van der Waals surface area contributed by atoms with Crippen molar-refractivity contribution in [1.29, 1.82) is 0 Å². The molecule has 0 amide bonds. The number of hydrogen-bond donors (Lipinski definition) is 2. The Labute approximate surface area is 152 Å². The largest absolute Gasteiger partial charge is 0.497 e. The molecule has 1 heterocycles. The third-order valence-electron chi connectivity index (χ3n) is 3.68. The molecule has 5 nitrogen and oxygen atoms in total. The molecule has 25 heavy (non-hydrogen) atoms. The van der Waals surface area contributed by atoms with Crippen molar-refractivity contribution in [1.82, 2.24) is 9.78 Å². The van der Waals surface area contributed by atoms with Gasteiger partial charge in [-0.1, -0.05) is 35.9 Å². The van der Waals surface area contributed by atoms with E-state index in [4.69, 9.17) is 17.0 Å². The van der Waals surface area contributed by atoms with Gasteiger partial charge in [-0.05, 0) is 36.8 Å². The van der Waals surface area contributed by atoms with Crippen molar-refractivity contribution in [3.63, 3.8) is 0 Å². The van der Waals surface area contributed by atoms with E-state index in [1.165, 1.54) is 11.1 Å². The number of nitrogens with zero attached hydrogens (tertiary/aromatic N) is 2. The summed E-state index contributed by atoms with van der Waals surface area (Å²) in [6.07, 6.45) is 3.69. The lowest BCUT2D eigenvalue weighted by Gasteiger charge is -2.10. The monoisotopic (exact) mass is 352 g/mol. The second-order valence-electron chi connectivity index (χ2n) is 5.72. The summed E-state index contributed by atoms with van der Waals surface area (Å²) in [7, 11) is 1.64. The lowest BCUT2D eigenvalue weighted by Crippen LogP contribution is -2.18. The van der Waals surface area contributed by atoms with Gasteiger partial charge in [-0.15, -0.1) is 0 Å². The number of aromatic nitrogens is 2. The normalized spacial score (nSPS) is 10.3. The van der Waals surface area contributed by atoms with E-state index in [0.717, 1.165) is 23.7 Å². The van der Waals surface area contributed by atoms with E-state index in [1.807, 2.05) is 35.1 Å². The van der Waals surface area contributed by atoms with E-state index >= 15 is 0 Å². The Hall–Kier alpha value is -2.86. The molecular weight excluding hydrogens is 332 g/mol. The minimum atomic E-state index is 0.503. The van der Waals surface area contributed by atoms with Gasteiger partial charge in [-0.3, -0.25) is 4.68 Å². The van der Waals surface area contributed by atoms with Crippen LogP contribution in [0.1, 0.15) is 11.1 Å². The summed E-state index contributed by atoms with van der Waals surface area (Å²) in [4.78, 5) is 0. The van der Waals surface area contributed by atoms with Gasteiger partial charge in [0.2, 0.25) is 0 Å². The van der Waals surface area contributed by atoms with Crippen LogP contribution in [0.3, 0.4) is 0 Å². The van der Waals surface area contributed by atoms with Crippen molar-refractivity contribution in [2.24, 2.45) is 0 Å². The standard InChI is InChI=1S/C19H20N4OS/c1-14-6-8-15(9-7-14)12-23-13-17(11-20-23)22-19(25)21-16-4-3-5-18(10-16)24-2/h3-11,13H,12H2,1-2H3,(H2,21,22,25). The van der Waals surface area contributed by atoms with Gasteiger partial charge in [0.25, 0.3) is 0 Å². The first-order chi connectivity index (χ1) is 12.1. The van der Waals surface area contributed by atoms with E-state index in [-0.39, 0.29) is 0 Å². The minimum absolute atomic E-state index is 0.503. The fourth-order valence-electron chi connectivity index (χ4n) is 2.39. The highest BCUT2D eigenvalue weighted by Gasteiger charge is 2.03. The Balaban J connectivity index is 1.58. The van der Waals surface area contributed by atoms with Crippen molar-refractivity contribution < 1.29 is 4.74 Å². The molecule has 0 radical (unpaired) electrons. The number of aryl methyl sites for hydroxylation is 1. The van der Waals surface area contributed by atoms with Crippen molar-refractivity contribution in [2.45, 2.75) is 13.5 Å². The van der Waals surface area contributed by atoms with Gasteiger partial charge < -0.3 is 15.4 Å². The zero-order valence-electron chi connectivity index (χ0n) is 14.2. The summed E-state index contributed by atoms with van der Waals surface area (Å²) in [6.45, 7) is 2.80. The molecule has 128 valence electrons. The van der Waals surface area contributed by atoms with Gasteiger partial charge >= 0.3 is 0 Å². The van der Waals surface area contributed by atoms with Gasteiger partial charge in [0.05, 0.1) is 25.5 Å². The van der Waals surface area contributed by atoms with Crippen molar-refractivity contribution >= 4 is 28.7 Å². The molecular formula is C19H20N4OS. The molecule has 6 heteroatoms. The zero-order chi connectivity index (χ0) is 17.6. The molecule has 2 N–H and O–H groups in total. The molecule has 0 unspecified atom stereocenters. The number of benzene rings is 2. The first-order valence-electron chi connectivity index (χ1n) is 7.92. The highest BCUT2D eigenvalue weighted by atomic mass is 32.1. The molecule has 3 rings (SSSR count). The van der Waals surface area contributed by atoms with Crippen LogP contribution in [0.5, 0.6) is 5.75 Å². The predicted molar refractivity (Wildman–Crippen MR) is 105 cm³/mol. The van der Waals surface area contributed by atoms with Crippen LogP contribution in [0.4, 0.5) is 11.4 Å². The average Bonchev–Trinajstić information content (AvgIpc) is 3.04. The molecule has 0 saturated heterocycles. The molecule has 0 fully saturated rings. The van der Waals surface area contributed by atoms with Crippen LogP contribution in [-0.4, -0.2) is 22.0 Å². The Morgan fingerprint density at radius 3 is 2.64 bits per heavy atom. The van der Waals surface area contributed by atoms with Crippen LogP contribution >= 0.6 is 12.2 Å². The molecule has 0 bridgehead atoms. The van der Waals surface area contributed by atoms with Crippen molar-refractivity contribution in [2.75, 3.05) is 17.7 Å². The highest BCUT2D eigenvalue weighted by molar-refractivity contribution is 7.80. The number of anilines is 2. The molecule has 3 aromatic rings. The number of nitrogens with one attached hydrogen (secondary N) is 2. The van der Waals surface area contributed by atoms with Gasteiger partial charge in [0.1, 0.15) is 5.75 Å². The quantitative estimate of drug-likeness (QED) is 0.678. The molecule has 0 aliphatic carbocycles. The van der Waals surface area contributed by atoms with Crippen molar-refractivity contribution in [3.05, 3.63) is 72.1 Å². The van der Waals surface area contributed by atoms with Crippen LogP contribution in [0, 0.1) is 6.92 Å². The number of hydrogen-bond acceptors (Lipinski definition) is 3. The lowest BCUT2D eigenvalue weighted by atomic mass is 10.1. The summed E-state index contributed by atoms with van der Waals surface area (Å²) >= 11 is 5.35. The Kier molecular flexibility index (Phi) is 5.30. The molecule has 0 aliphatic rings. The number of thiocarbonyl (C=S) groups is 1. The van der Waals surface area contributed by atoms with E-state index < -0.39 is 0 Å². The minimum Gasteiger partial charge on any atom is -0.497 e. The van der Waals surface area contributed by atoms with E-state index in [9.17, 15) is 0 Å². The summed E-state index contributed by atoms with van der Waals surface area (Å²) in [5.74, 6) is 0.777. The number of methoxy groups -OCH3 is 1. The third kappa shape index (κ3) is 4.81. The van der Waals surface area contributed by atoms with E-state index in [1.54, 1.807) is 13.3 Å². The van der Waals surface area contributed by atoms with Crippen molar-refractivity contribution in [3.8, 4) is 5.75 Å². The first kappa shape index (κ1) is 17.0. The summed E-state index contributed by atoms with van der Waals surface area (Å²) in [5, 5.41) is 11.1. The fraction of sp³-hybridized carbons (Fsp3) is 0.158. The average molecular weight is 352 g/mol. The zero-order valence-corrected chi connectivity index (χ0v) is 15.0. The van der Waals surface area contributed by atoms with Gasteiger partial charge in [-0.2, -0.15) is 5.10 Å². The van der Waals surface area contributed by atoms with E-state index in [0.29, 0.717) is 5.11 Å². The summed E-state index contributed by atoms with van der Waals surface area (Å²) in [5.41, 5.74) is 4.16. The SMILES string of the molecule is COc1cccc(NC(=S)Nc2cnn(Cc3ccc(C)cc3)c2)c1. The smallest absolute Gasteiger partial charge is 0.175 e. The predicted octanol–water partition coefficient (Wildman–Crippen LogP) is 4.06. The lowest BCUT2D eigenvalue weighted by molar-refractivity contribution is 0.415. The molecule has 2 aromatic carbocycles.